The smallest absolute Gasteiger partial charge is 0.188 e. The number of carbonyl (C=O) groups is 2. The summed E-state index contributed by atoms with van der Waals surface area (Å²) in [5, 5.41) is 4.97. The molecular formula is C15H11NO2. The van der Waals surface area contributed by atoms with Gasteiger partial charge in [0.25, 0.3) is 0 Å². The molecule has 18 heavy (non-hydrogen) atoms. The van der Waals surface area contributed by atoms with Gasteiger partial charge in [0.1, 0.15) is 6.29 Å². The molecule has 0 saturated heterocycles. The topological polar surface area (TPSA) is 46.2 Å². The van der Waals surface area contributed by atoms with Crippen molar-refractivity contribution in [3.63, 3.8) is 0 Å². The number of ketones is 1. The Morgan fingerprint density at radius 3 is 2.83 bits per heavy atom. The summed E-state index contributed by atoms with van der Waals surface area (Å²) in [5.74, 6) is -0.0206. The van der Waals surface area contributed by atoms with Gasteiger partial charge in [0.2, 0.25) is 0 Å². The SMILES string of the molecule is O=CCNc1ccc2cccc3c2c1C(=O)C=C3. The van der Waals surface area contributed by atoms with Crippen molar-refractivity contribution >= 4 is 34.6 Å². The van der Waals surface area contributed by atoms with Crippen LogP contribution in [0.2, 0.25) is 0 Å². The molecule has 0 radical (unpaired) electrons. The maximum Gasteiger partial charge on any atom is 0.188 e. The number of hydrogen-bond donors (Lipinski definition) is 1. The average molecular weight is 237 g/mol. The number of rotatable bonds is 3. The molecule has 0 spiro atoms. The van der Waals surface area contributed by atoms with E-state index < -0.39 is 0 Å². The van der Waals surface area contributed by atoms with Gasteiger partial charge in [-0.2, -0.15) is 0 Å². The summed E-state index contributed by atoms with van der Waals surface area (Å²) < 4.78 is 0. The molecule has 3 heteroatoms. The maximum atomic E-state index is 12.0. The zero-order valence-corrected chi connectivity index (χ0v) is 9.64. The Balaban J connectivity index is 2.31. The molecule has 1 aliphatic rings. The Kier molecular flexibility index (Phi) is 2.45. The molecule has 0 atom stereocenters. The Morgan fingerprint density at radius 2 is 2.00 bits per heavy atom. The number of carbonyl (C=O) groups excluding carboxylic acids is 2. The monoisotopic (exact) mass is 237 g/mol. The summed E-state index contributed by atoms with van der Waals surface area (Å²) >= 11 is 0. The van der Waals surface area contributed by atoms with Crippen LogP contribution in [0.4, 0.5) is 5.69 Å². The van der Waals surface area contributed by atoms with Gasteiger partial charge in [-0.15, -0.1) is 0 Å². The predicted molar refractivity (Wildman–Crippen MR) is 71.9 cm³/mol. The third-order valence-electron chi connectivity index (χ3n) is 3.11. The summed E-state index contributed by atoms with van der Waals surface area (Å²) in [5.41, 5.74) is 2.42. The summed E-state index contributed by atoms with van der Waals surface area (Å²) in [6.45, 7) is 0.206. The molecule has 1 aliphatic carbocycles. The molecule has 0 fully saturated rings. The van der Waals surface area contributed by atoms with E-state index in [0.717, 1.165) is 28.3 Å². The summed E-state index contributed by atoms with van der Waals surface area (Å²) in [7, 11) is 0. The van der Waals surface area contributed by atoms with Gasteiger partial charge >= 0.3 is 0 Å². The molecule has 0 unspecified atom stereocenters. The highest BCUT2D eigenvalue weighted by Gasteiger charge is 2.18. The van der Waals surface area contributed by atoms with Crippen LogP contribution in [-0.4, -0.2) is 18.6 Å². The molecule has 2 aromatic rings. The van der Waals surface area contributed by atoms with E-state index >= 15 is 0 Å². The quantitative estimate of drug-likeness (QED) is 0.835. The van der Waals surface area contributed by atoms with E-state index in [1.807, 2.05) is 36.4 Å². The summed E-state index contributed by atoms with van der Waals surface area (Å²) in [4.78, 5) is 22.5. The molecule has 0 heterocycles. The van der Waals surface area contributed by atoms with Crippen LogP contribution >= 0.6 is 0 Å². The molecule has 1 N–H and O–H groups in total. The van der Waals surface area contributed by atoms with Crippen molar-refractivity contribution in [2.45, 2.75) is 0 Å². The summed E-state index contributed by atoms with van der Waals surface area (Å²) in [6.07, 6.45) is 4.19. The third kappa shape index (κ3) is 1.52. The van der Waals surface area contributed by atoms with Crippen LogP contribution in [0.3, 0.4) is 0 Å². The van der Waals surface area contributed by atoms with Crippen molar-refractivity contribution in [3.8, 4) is 0 Å². The van der Waals surface area contributed by atoms with E-state index in [0.29, 0.717) is 5.56 Å². The van der Waals surface area contributed by atoms with E-state index in [1.165, 1.54) is 0 Å². The maximum absolute atomic E-state index is 12.0. The minimum absolute atomic E-state index is 0.0206. The predicted octanol–water partition coefficient (Wildman–Crippen LogP) is 2.66. The van der Waals surface area contributed by atoms with Gasteiger partial charge in [0.15, 0.2) is 5.78 Å². The highest BCUT2D eigenvalue weighted by atomic mass is 16.1. The normalized spacial score (nSPS) is 12.8. The van der Waals surface area contributed by atoms with Gasteiger partial charge in [-0.3, -0.25) is 4.79 Å². The van der Waals surface area contributed by atoms with E-state index in [4.69, 9.17) is 0 Å². The third-order valence-corrected chi connectivity index (χ3v) is 3.11. The molecular weight excluding hydrogens is 226 g/mol. The van der Waals surface area contributed by atoms with Crippen molar-refractivity contribution in [3.05, 3.63) is 47.5 Å². The number of hydrogen-bond acceptors (Lipinski definition) is 3. The van der Waals surface area contributed by atoms with Crippen molar-refractivity contribution in [2.24, 2.45) is 0 Å². The van der Waals surface area contributed by atoms with Gasteiger partial charge in [-0.05, 0) is 23.1 Å². The molecule has 0 aliphatic heterocycles. The molecule has 88 valence electrons. The highest BCUT2D eigenvalue weighted by molar-refractivity contribution is 6.23. The van der Waals surface area contributed by atoms with Gasteiger partial charge < -0.3 is 10.1 Å². The Morgan fingerprint density at radius 1 is 1.11 bits per heavy atom. The fourth-order valence-electron chi connectivity index (χ4n) is 2.35. The van der Waals surface area contributed by atoms with Crippen LogP contribution in [0.5, 0.6) is 0 Å². The molecule has 3 nitrogen and oxygen atoms in total. The van der Waals surface area contributed by atoms with Crippen LogP contribution in [0.15, 0.2) is 36.4 Å². The Bertz CT molecular complexity index is 686. The number of allylic oxidation sites excluding steroid dienone is 1. The number of nitrogens with one attached hydrogen (secondary N) is 1. The second kappa shape index (κ2) is 4.11. The second-order valence-electron chi connectivity index (χ2n) is 4.18. The molecule has 0 saturated carbocycles. The van der Waals surface area contributed by atoms with Crippen molar-refractivity contribution in [1.82, 2.24) is 0 Å². The lowest BCUT2D eigenvalue weighted by Gasteiger charge is -2.16. The molecule has 0 aromatic heterocycles. The largest absolute Gasteiger partial charge is 0.378 e. The first-order valence-corrected chi connectivity index (χ1v) is 5.77. The van der Waals surface area contributed by atoms with Crippen LogP contribution in [0.25, 0.3) is 16.8 Å². The first-order valence-electron chi connectivity index (χ1n) is 5.77. The first kappa shape index (κ1) is 10.7. The van der Waals surface area contributed by atoms with E-state index in [9.17, 15) is 9.59 Å². The van der Waals surface area contributed by atoms with Crippen molar-refractivity contribution in [2.75, 3.05) is 11.9 Å². The first-order chi connectivity index (χ1) is 8.81. The van der Waals surface area contributed by atoms with Crippen LogP contribution in [0, 0.1) is 0 Å². The van der Waals surface area contributed by atoms with Crippen LogP contribution in [0.1, 0.15) is 15.9 Å². The van der Waals surface area contributed by atoms with Crippen LogP contribution < -0.4 is 5.32 Å². The van der Waals surface area contributed by atoms with E-state index in [-0.39, 0.29) is 12.3 Å². The van der Waals surface area contributed by atoms with Crippen LogP contribution in [-0.2, 0) is 4.79 Å². The van der Waals surface area contributed by atoms with Gasteiger partial charge in [0, 0.05) is 11.1 Å². The molecule has 2 aromatic carbocycles. The van der Waals surface area contributed by atoms with Gasteiger partial charge in [0.05, 0.1) is 12.1 Å². The standard InChI is InChI=1S/C15H11NO2/c17-9-8-16-12-6-4-10-2-1-3-11-5-7-13(18)15(12)14(10)11/h1-7,9,16H,8H2. The molecule has 3 rings (SSSR count). The number of aldehydes is 1. The Labute approximate surface area is 104 Å². The Hall–Kier alpha value is -2.42. The lowest BCUT2D eigenvalue weighted by Crippen LogP contribution is -2.10. The van der Waals surface area contributed by atoms with Gasteiger partial charge in [-0.1, -0.05) is 30.3 Å². The molecule has 0 bridgehead atoms. The fourth-order valence-corrected chi connectivity index (χ4v) is 2.35. The molecule has 0 amide bonds. The number of benzene rings is 2. The minimum atomic E-state index is -0.0206. The lowest BCUT2D eigenvalue weighted by atomic mass is 9.91. The fraction of sp³-hybridized carbons (Fsp3) is 0.0667. The summed E-state index contributed by atoms with van der Waals surface area (Å²) in [6, 6.07) is 9.75. The van der Waals surface area contributed by atoms with E-state index in [2.05, 4.69) is 5.32 Å². The zero-order chi connectivity index (χ0) is 12.5. The highest BCUT2D eigenvalue weighted by Crippen LogP contribution is 2.33. The minimum Gasteiger partial charge on any atom is -0.378 e. The van der Waals surface area contributed by atoms with Crippen molar-refractivity contribution < 1.29 is 9.59 Å². The number of anilines is 1. The lowest BCUT2D eigenvalue weighted by molar-refractivity contribution is -0.106. The zero-order valence-electron chi connectivity index (χ0n) is 9.64. The van der Waals surface area contributed by atoms with E-state index in [1.54, 1.807) is 6.08 Å². The second-order valence-corrected chi connectivity index (χ2v) is 4.18. The average Bonchev–Trinajstić information content (AvgIpc) is 2.41. The van der Waals surface area contributed by atoms with Gasteiger partial charge in [-0.25, -0.2) is 0 Å². The van der Waals surface area contributed by atoms with Crippen molar-refractivity contribution in [1.29, 1.82) is 0 Å².